The molecule has 1 N–H and O–H groups in total. The van der Waals surface area contributed by atoms with Crippen molar-refractivity contribution in [2.45, 2.75) is 193 Å². The van der Waals surface area contributed by atoms with Crippen molar-refractivity contribution >= 4 is 12.2 Å². The number of amides is 2. The van der Waals surface area contributed by atoms with Gasteiger partial charge in [-0.1, -0.05) is 60.7 Å². The molecule has 2 aliphatic heterocycles. The normalized spacial score (nSPS) is 27.3. The summed E-state index contributed by atoms with van der Waals surface area (Å²) in [7, 11) is 0. The van der Waals surface area contributed by atoms with E-state index in [0.717, 1.165) is 51.6 Å². The Kier molecular flexibility index (Phi) is 17.1. The van der Waals surface area contributed by atoms with Gasteiger partial charge in [-0.25, -0.2) is 9.59 Å². The van der Waals surface area contributed by atoms with Crippen molar-refractivity contribution in [3.05, 3.63) is 71.8 Å². The highest BCUT2D eigenvalue weighted by Gasteiger charge is 2.38. The predicted octanol–water partition coefficient (Wildman–Crippen LogP) is 9.36. The largest absolute Gasteiger partial charge is 0.444 e. The Balaban J connectivity index is 0.000000364. The molecule has 0 spiro atoms. The number of ether oxygens (including phenoxy) is 4. The van der Waals surface area contributed by atoms with E-state index in [9.17, 15) is 14.7 Å². The van der Waals surface area contributed by atoms with Gasteiger partial charge in [0.25, 0.3) is 0 Å². The molecule has 2 saturated heterocycles. The Hall–Kier alpha value is -3.18. The van der Waals surface area contributed by atoms with Gasteiger partial charge in [0.1, 0.15) is 11.2 Å². The minimum atomic E-state index is -0.484. The molecule has 56 heavy (non-hydrogen) atoms. The molecule has 6 atom stereocenters. The second kappa shape index (κ2) is 21.0. The number of carbonyl (C=O) groups is 2. The summed E-state index contributed by atoms with van der Waals surface area (Å²) in [6.07, 6.45) is 7.05. The summed E-state index contributed by atoms with van der Waals surface area (Å²) in [5, 5.41) is 9.60. The van der Waals surface area contributed by atoms with Crippen LogP contribution >= 0.6 is 0 Å². The third kappa shape index (κ3) is 15.0. The second-order valence-corrected chi connectivity index (χ2v) is 18.4. The fourth-order valence-corrected chi connectivity index (χ4v) is 8.51. The molecule has 0 radical (unpaired) electrons. The monoisotopic (exact) mass is 780 g/mol. The zero-order valence-electron chi connectivity index (χ0n) is 36.1. The van der Waals surface area contributed by atoms with Gasteiger partial charge in [0.15, 0.2) is 0 Å². The molecule has 2 heterocycles. The van der Waals surface area contributed by atoms with Crippen LogP contribution in [0, 0.1) is 0 Å². The highest BCUT2D eigenvalue weighted by molar-refractivity contribution is 5.69. The first-order valence-corrected chi connectivity index (χ1v) is 21.1. The van der Waals surface area contributed by atoms with Crippen LogP contribution in [-0.4, -0.2) is 105 Å². The van der Waals surface area contributed by atoms with Crippen molar-refractivity contribution in [1.82, 2.24) is 14.7 Å². The SMILES string of the molecule is C[C@@H]1CC(O)C[C@H](C)N1C(=O)OC(C)(C)C.C[C@@H]1CC(OCCO[C@H]2CC[C@H](N(Cc3ccccc3)Cc3ccccc3)CC2)C[C@H](C)N1C(=O)OC(C)(C)C. The highest BCUT2D eigenvalue weighted by Crippen LogP contribution is 2.30. The van der Waals surface area contributed by atoms with Crippen LogP contribution in [0.5, 0.6) is 0 Å². The smallest absolute Gasteiger partial charge is 0.410 e. The quantitative estimate of drug-likeness (QED) is 0.238. The molecule has 3 aliphatic rings. The van der Waals surface area contributed by atoms with Crippen LogP contribution in [0.25, 0.3) is 0 Å². The Morgan fingerprint density at radius 3 is 1.38 bits per heavy atom. The molecule has 314 valence electrons. The first-order valence-electron chi connectivity index (χ1n) is 21.1. The Labute approximate surface area is 338 Å². The van der Waals surface area contributed by atoms with E-state index >= 15 is 0 Å². The van der Waals surface area contributed by atoms with Crippen LogP contribution in [0.3, 0.4) is 0 Å². The van der Waals surface area contributed by atoms with E-state index in [-0.39, 0.29) is 48.6 Å². The molecule has 3 fully saturated rings. The number of benzene rings is 2. The van der Waals surface area contributed by atoms with E-state index in [1.807, 2.05) is 60.3 Å². The van der Waals surface area contributed by atoms with E-state index in [0.29, 0.717) is 38.2 Å². The predicted molar refractivity (Wildman–Crippen MR) is 222 cm³/mol. The van der Waals surface area contributed by atoms with Gasteiger partial charge in [0.2, 0.25) is 0 Å². The lowest BCUT2D eigenvalue weighted by atomic mass is 9.91. The number of aliphatic hydroxyl groups excluding tert-OH is 1. The third-order valence-corrected chi connectivity index (χ3v) is 11.0. The van der Waals surface area contributed by atoms with Crippen LogP contribution in [0.1, 0.15) is 132 Å². The molecular formula is C46H73N3O7. The number of hydrogen-bond donors (Lipinski definition) is 1. The van der Waals surface area contributed by atoms with E-state index in [1.165, 1.54) is 11.1 Å². The van der Waals surface area contributed by atoms with Gasteiger partial charge >= 0.3 is 12.2 Å². The van der Waals surface area contributed by atoms with Crippen molar-refractivity contribution in [2.24, 2.45) is 0 Å². The van der Waals surface area contributed by atoms with Crippen LogP contribution in [-0.2, 0) is 32.0 Å². The summed E-state index contributed by atoms with van der Waals surface area (Å²) in [4.78, 5) is 30.9. The lowest BCUT2D eigenvalue weighted by molar-refractivity contribution is -0.0713. The molecule has 5 rings (SSSR count). The molecule has 2 aromatic carbocycles. The average Bonchev–Trinajstić information content (AvgIpc) is 3.09. The van der Waals surface area contributed by atoms with Crippen LogP contribution in [0.2, 0.25) is 0 Å². The van der Waals surface area contributed by atoms with Crippen molar-refractivity contribution in [2.75, 3.05) is 13.2 Å². The topological polar surface area (TPSA) is 101 Å². The summed E-state index contributed by atoms with van der Waals surface area (Å²) in [6.45, 7) is 22.6. The van der Waals surface area contributed by atoms with Crippen LogP contribution < -0.4 is 0 Å². The van der Waals surface area contributed by atoms with E-state index in [4.69, 9.17) is 18.9 Å². The van der Waals surface area contributed by atoms with Crippen molar-refractivity contribution < 1.29 is 33.6 Å². The number of rotatable bonds is 10. The summed E-state index contributed by atoms with van der Waals surface area (Å²) in [6, 6.07) is 22.5. The maximum atomic E-state index is 12.7. The molecule has 2 aromatic rings. The zero-order chi connectivity index (χ0) is 41.0. The number of piperidine rings is 2. The summed E-state index contributed by atoms with van der Waals surface area (Å²) in [5.74, 6) is 0. The number of hydrogen-bond acceptors (Lipinski definition) is 8. The van der Waals surface area contributed by atoms with E-state index in [1.54, 1.807) is 4.90 Å². The average molecular weight is 780 g/mol. The first kappa shape index (κ1) is 45.5. The van der Waals surface area contributed by atoms with Crippen LogP contribution in [0.15, 0.2) is 60.7 Å². The third-order valence-electron chi connectivity index (χ3n) is 11.0. The number of carbonyl (C=O) groups excluding carboxylic acids is 2. The zero-order valence-corrected chi connectivity index (χ0v) is 36.1. The Morgan fingerprint density at radius 2 is 0.982 bits per heavy atom. The molecular weight excluding hydrogens is 707 g/mol. The molecule has 10 heteroatoms. The van der Waals surface area contributed by atoms with Crippen molar-refractivity contribution in [3.8, 4) is 0 Å². The number of aliphatic hydroxyl groups is 1. The van der Waals surface area contributed by atoms with Gasteiger partial charge in [-0.15, -0.1) is 0 Å². The molecule has 0 aromatic heterocycles. The van der Waals surface area contributed by atoms with Gasteiger partial charge in [0, 0.05) is 43.3 Å². The molecule has 1 aliphatic carbocycles. The van der Waals surface area contributed by atoms with Gasteiger partial charge in [-0.3, -0.25) is 4.90 Å². The molecule has 1 saturated carbocycles. The van der Waals surface area contributed by atoms with Gasteiger partial charge in [0.05, 0.1) is 31.5 Å². The van der Waals surface area contributed by atoms with Crippen LogP contribution in [0.4, 0.5) is 9.59 Å². The number of likely N-dealkylation sites (tertiary alicyclic amines) is 2. The summed E-state index contributed by atoms with van der Waals surface area (Å²) >= 11 is 0. The fourth-order valence-electron chi connectivity index (χ4n) is 8.51. The lowest BCUT2D eigenvalue weighted by Gasteiger charge is -2.42. The minimum Gasteiger partial charge on any atom is -0.444 e. The number of nitrogens with zero attached hydrogens (tertiary/aromatic N) is 3. The van der Waals surface area contributed by atoms with Crippen molar-refractivity contribution in [1.29, 1.82) is 0 Å². The maximum Gasteiger partial charge on any atom is 0.410 e. The molecule has 2 amide bonds. The molecule has 10 nitrogen and oxygen atoms in total. The summed E-state index contributed by atoms with van der Waals surface area (Å²) in [5.41, 5.74) is 1.79. The highest BCUT2D eigenvalue weighted by atomic mass is 16.6. The lowest BCUT2D eigenvalue weighted by Crippen LogP contribution is -2.53. The molecule has 0 bridgehead atoms. The van der Waals surface area contributed by atoms with Gasteiger partial charge < -0.3 is 33.9 Å². The second-order valence-electron chi connectivity index (χ2n) is 18.4. The Morgan fingerprint density at radius 1 is 0.607 bits per heavy atom. The van der Waals surface area contributed by atoms with E-state index < -0.39 is 11.2 Å². The van der Waals surface area contributed by atoms with Gasteiger partial charge in [-0.05, 0) is 132 Å². The summed E-state index contributed by atoms with van der Waals surface area (Å²) < 4.78 is 23.5. The van der Waals surface area contributed by atoms with E-state index in [2.05, 4.69) is 79.4 Å². The minimum absolute atomic E-state index is 0.0357. The first-order chi connectivity index (χ1) is 26.4. The van der Waals surface area contributed by atoms with Gasteiger partial charge in [-0.2, -0.15) is 0 Å². The standard InChI is InChI=1S/C34H50N2O4.C12H23NO3/c1-26-22-32(23-27(2)36(26)33(37)40-34(3,4)5)39-21-20-38-31-18-16-30(17-19-31)35(24-28-12-8-6-9-13-28)25-29-14-10-7-11-15-29;1-8-6-10(14)7-9(2)13(8)11(15)16-12(3,4)5/h6-15,26-27,30-32H,16-25H2,1-5H3;8-10,14H,6-7H2,1-5H3/t26-,27+,30-,31-,32?;8-,9+,10?. The van der Waals surface area contributed by atoms with Crippen molar-refractivity contribution in [3.63, 3.8) is 0 Å². The fraction of sp³-hybridized carbons (Fsp3) is 0.696. The Bertz CT molecular complexity index is 1390. The molecule has 2 unspecified atom stereocenters. The maximum absolute atomic E-state index is 12.7.